The van der Waals surface area contributed by atoms with Crippen LogP contribution in [0.3, 0.4) is 0 Å². The summed E-state index contributed by atoms with van der Waals surface area (Å²) in [6.45, 7) is 9.16. The zero-order valence-corrected chi connectivity index (χ0v) is 17.0. The lowest BCUT2D eigenvalue weighted by molar-refractivity contribution is 0.0950. The number of carbonyl (C=O) groups is 1. The molecule has 2 heteroatoms. The van der Waals surface area contributed by atoms with E-state index in [2.05, 4.69) is 55.8 Å². The van der Waals surface area contributed by atoms with Gasteiger partial charge in [-0.25, -0.2) is 0 Å². The second-order valence-electron chi connectivity index (χ2n) is 8.66. The zero-order chi connectivity index (χ0) is 17.9. The van der Waals surface area contributed by atoms with Crippen LogP contribution in [0.15, 0.2) is 40.9 Å². The van der Waals surface area contributed by atoms with Gasteiger partial charge in [0.25, 0.3) is 0 Å². The Morgan fingerprint density at radius 3 is 2.48 bits per heavy atom. The molecule has 1 saturated carbocycles. The number of rotatable bonds is 2. The van der Waals surface area contributed by atoms with E-state index in [-0.39, 0.29) is 11.2 Å². The van der Waals surface area contributed by atoms with E-state index in [9.17, 15) is 4.79 Å². The van der Waals surface area contributed by atoms with Crippen LogP contribution in [0.25, 0.3) is 0 Å². The molecule has 1 nitrogen and oxygen atoms in total. The van der Waals surface area contributed by atoms with Gasteiger partial charge in [0.15, 0.2) is 5.78 Å². The van der Waals surface area contributed by atoms with Gasteiger partial charge in [-0.3, -0.25) is 4.79 Å². The maximum atomic E-state index is 13.1. The van der Waals surface area contributed by atoms with Crippen molar-refractivity contribution in [3.8, 4) is 0 Å². The lowest BCUT2D eigenvalue weighted by Crippen LogP contribution is -2.43. The zero-order valence-electron chi connectivity index (χ0n) is 15.4. The van der Waals surface area contributed by atoms with Crippen LogP contribution in [0.1, 0.15) is 72.1 Å². The molecule has 2 aromatic carbocycles. The number of aryl methyl sites for hydroxylation is 1. The van der Waals surface area contributed by atoms with Gasteiger partial charge in [0.1, 0.15) is 0 Å². The summed E-state index contributed by atoms with van der Waals surface area (Å²) in [5.41, 5.74) is 5.78. The van der Waals surface area contributed by atoms with Gasteiger partial charge >= 0.3 is 0 Å². The molecule has 0 saturated heterocycles. The van der Waals surface area contributed by atoms with Crippen LogP contribution < -0.4 is 0 Å². The number of halogens is 1. The van der Waals surface area contributed by atoms with Crippen molar-refractivity contribution < 1.29 is 4.79 Å². The van der Waals surface area contributed by atoms with Crippen molar-refractivity contribution in [3.63, 3.8) is 0 Å². The van der Waals surface area contributed by atoms with E-state index in [1.54, 1.807) is 0 Å². The second-order valence-corrected chi connectivity index (χ2v) is 9.58. The third-order valence-electron chi connectivity index (χ3n) is 6.50. The van der Waals surface area contributed by atoms with E-state index in [1.807, 2.05) is 24.3 Å². The van der Waals surface area contributed by atoms with Gasteiger partial charge < -0.3 is 0 Å². The van der Waals surface area contributed by atoms with E-state index in [4.69, 9.17) is 0 Å². The Bertz CT molecular complexity index is 847. The highest BCUT2D eigenvalue weighted by Gasteiger charge is 2.48. The first-order chi connectivity index (χ1) is 11.8. The summed E-state index contributed by atoms with van der Waals surface area (Å²) in [6.07, 6.45) is 2.54. The fourth-order valence-electron chi connectivity index (χ4n) is 4.98. The molecule has 2 aliphatic rings. The summed E-state index contributed by atoms with van der Waals surface area (Å²) in [5, 5.41) is 0. The Kier molecular flexibility index (Phi) is 3.95. The summed E-state index contributed by atoms with van der Waals surface area (Å²) >= 11 is 3.44. The summed E-state index contributed by atoms with van der Waals surface area (Å²) in [4.78, 5) is 13.1. The first-order valence-electron chi connectivity index (χ1n) is 9.23. The average Bonchev–Trinajstić information content (AvgIpc) is 2.56. The normalized spacial score (nSPS) is 26.4. The smallest absolute Gasteiger partial charge is 0.193 e. The Balaban J connectivity index is 1.79. The van der Waals surface area contributed by atoms with Crippen LogP contribution in [0.5, 0.6) is 0 Å². The van der Waals surface area contributed by atoms with E-state index < -0.39 is 0 Å². The standard InChI is InChI=1S/C23H25BrO/c1-13-10-19-18-9-14(2)20(18)12-23(3,4)21(19)11-17(13)22(25)15-5-7-16(24)8-6-15/h5-8,10-11,14,18,20H,9,12H2,1-4H3. The first-order valence-corrected chi connectivity index (χ1v) is 10.0. The Labute approximate surface area is 159 Å². The molecule has 0 amide bonds. The number of fused-ring (bicyclic) bond motifs is 3. The molecular weight excluding hydrogens is 372 g/mol. The van der Waals surface area contributed by atoms with E-state index in [0.717, 1.165) is 33.0 Å². The van der Waals surface area contributed by atoms with Crippen LogP contribution >= 0.6 is 15.9 Å². The SMILES string of the molecule is Cc1cc2c(cc1C(=O)c1ccc(Br)cc1)C(C)(C)CC1C(C)CC21. The molecule has 0 N–H and O–H groups in total. The van der Waals surface area contributed by atoms with E-state index in [0.29, 0.717) is 5.92 Å². The summed E-state index contributed by atoms with van der Waals surface area (Å²) in [5.74, 6) is 2.48. The van der Waals surface area contributed by atoms with Crippen LogP contribution in [0, 0.1) is 18.8 Å². The monoisotopic (exact) mass is 396 g/mol. The molecule has 25 heavy (non-hydrogen) atoms. The van der Waals surface area contributed by atoms with Crippen molar-refractivity contribution in [1.82, 2.24) is 0 Å². The van der Waals surface area contributed by atoms with Gasteiger partial charge in [0.05, 0.1) is 0 Å². The van der Waals surface area contributed by atoms with Crippen molar-refractivity contribution in [2.45, 2.75) is 51.9 Å². The Hall–Kier alpha value is -1.41. The molecule has 130 valence electrons. The Morgan fingerprint density at radius 2 is 1.84 bits per heavy atom. The summed E-state index contributed by atoms with van der Waals surface area (Å²) in [7, 11) is 0. The Morgan fingerprint density at radius 1 is 1.16 bits per heavy atom. The highest BCUT2D eigenvalue weighted by atomic mass is 79.9. The molecule has 0 radical (unpaired) electrons. The van der Waals surface area contributed by atoms with Crippen LogP contribution in [0.4, 0.5) is 0 Å². The van der Waals surface area contributed by atoms with Gasteiger partial charge in [-0.15, -0.1) is 0 Å². The van der Waals surface area contributed by atoms with Crippen molar-refractivity contribution in [1.29, 1.82) is 0 Å². The molecule has 0 heterocycles. The highest BCUT2D eigenvalue weighted by molar-refractivity contribution is 9.10. The molecule has 1 fully saturated rings. The molecule has 3 atom stereocenters. The number of hydrogen-bond donors (Lipinski definition) is 0. The molecule has 0 aromatic heterocycles. The van der Waals surface area contributed by atoms with Crippen molar-refractivity contribution >= 4 is 21.7 Å². The van der Waals surface area contributed by atoms with Gasteiger partial charge in [0.2, 0.25) is 0 Å². The fraction of sp³-hybridized carbons (Fsp3) is 0.435. The minimum atomic E-state index is 0.132. The minimum Gasteiger partial charge on any atom is -0.289 e. The van der Waals surface area contributed by atoms with Crippen LogP contribution in [-0.2, 0) is 5.41 Å². The number of carbonyl (C=O) groups excluding carboxylic acids is 1. The molecule has 2 aromatic rings. The lowest BCUT2D eigenvalue weighted by atomic mass is 9.52. The topological polar surface area (TPSA) is 17.1 Å². The van der Waals surface area contributed by atoms with Gasteiger partial charge in [-0.05, 0) is 90.0 Å². The van der Waals surface area contributed by atoms with E-state index in [1.165, 1.54) is 24.0 Å². The molecular formula is C23H25BrO. The summed E-state index contributed by atoms with van der Waals surface area (Å²) < 4.78 is 0.998. The largest absolute Gasteiger partial charge is 0.289 e. The minimum absolute atomic E-state index is 0.132. The molecule has 0 spiro atoms. The van der Waals surface area contributed by atoms with Gasteiger partial charge in [-0.1, -0.05) is 42.8 Å². The van der Waals surface area contributed by atoms with Gasteiger partial charge in [-0.2, -0.15) is 0 Å². The van der Waals surface area contributed by atoms with E-state index >= 15 is 0 Å². The van der Waals surface area contributed by atoms with Crippen LogP contribution in [-0.4, -0.2) is 5.78 Å². The first kappa shape index (κ1) is 17.0. The third kappa shape index (κ3) is 2.70. The van der Waals surface area contributed by atoms with Crippen molar-refractivity contribution in [2.24, 2.45) is 11.8 Å². The van der Waals surface area contributed by atoms with Crippen molar-refractivity contribution in [3.05, 3.63) is 68.7 Å². The van der Waals surface area contributed by atoms with Crippen LogP contribution in [0.2, 0.25) is 0 Å². The average molecular weight is 397 g/mol. The predicted octanol–water partition coefficient (Wildman–Crippen LogP) is 6.41. The molecule has 4 rings (SSSR count). The third-order valence-corrected chi connectivity index (χ3v) is 7.02. The second kappa shape index (κ2) is 5.81. The van der Waals surface area contributed by atoms with Crippen molar-refractivity contribution in [2.75, 3.05) is 0 Å². The maximum absolute atomic E-state index is 13.1. The lowest BCUT2D eigenvalue weighted by Gasteiger charge is -2.53. The fourth-order valence-corrected chi connectivity index (χ4v) is 5.24. The molecule has 3 unspecified atom stereocenters. The number of ketones is 1. The summed E-state index contributed by atoms with van der Waals surface area (Å²) in [6, 6.07) is 12.2. The van der Waals surface area contributed by atoms with Gasteiger partial charge in [0, 0.05) is 15.6 Å². The quantitative estimate of drug-likeness (QED) is 0.535. The molecule has 2 aliphatic carbocycles. The maximum Gasteiger partial charge on any atom is 0.193 e. The number of hydrogen-bond acceptors (Lipinski definition) is 1. The molecule has 0 bridgehead atoms. The predicted molar refractivity (Wildman–Crippen MR) is 106 cm³/mol. The highest BCUT2D eigenvalue weighted by Crippen LogP contribution is 2.58. The molecule has 0 aliphatic heterocycles. The number of benzene rings is 2.